The number of carbonyl (C=O) groups is 1. The minimum atomic E-state index is -3.17. The number of methoxy groups -OCH3 is 1. The second-order valence-corrected chi connectivity index (χ2v) is 7.28. The predicted octanol–water partition coefficient (Wildman–Crippen LogP) is 1.04. The fourth-order valence-electron chi connectivity index (χ4n) is 2.19. The van der Waals surface area contributed by atoms with Crippen molar-refractivity contribution in [2.75, 3.05) is 32.5 Å². The smallest absolute Gasteiger partial charge is 0.409 e. The molecule has 1 rings (SSSR count). The molecular weight excluding hydrogens is 268 g/mol. The van der Waals surface area contributed by atoms with Crippen LogP contribution >= 0.6 is 0 Å². The van der Waals surface area contributed by atoms with Crippen molar-refractivity contribution >= 4 is 16.1 Å². The zero-order chi connectivity index (χ0) is 14.5. The van der Waals surface area contributed by atoms with Crippen LogP contribution in [0.15, 0.2) is 0 Å². The van der Waals surface area contributed by atoms with Crippen LogP contribution in [0.3, 0.4) is 0 Å². The molecule has 0 aromatic heterocycles. The Labute approximate surface area is 115 Å². The van der Waals surface area contributed by atoms with E-state index >= 15 is 0 Å². The van der Waals surface area contributed by atoms with E-state index in [0.29, 0.717) is 25.6 Å². The first-order valence-electron chi connectivity index (χ1n) is 6.64. The first-order chi connectivity index (χ1) is 8.84. The predicted molar refractivity (Wildman–Crippen MR) is 73.3 cm³/mol. The van der Waals surface area contributed by atoms with Crippen LogP contribution in [0.2, 0.25) is 0 Å². The van der Waals surface area contributed by atoms with Crippen LogP contribution in [0.4, 0.5) is 4.79 Å². The number of piperidine rings is 1. The van der Waals surface area contributed by atoms with Gasteiger partial charge in [-0.25, -0.2) is 17.9 Å². The third kappa shape index (κ3) is 5.78. The third-order valence-corrected chi connectivity index (χ3v) is 4.90. The van der Waals surface area contributed by atoms with Gasteiger partial charge in [-0.3, -0.25) is 0 Å². The SMILES string of the molecule is COC(=O)N1CCC(CNS(=O)(=O)CC(C)C)CC1. The molecule has 1 fully saturated rings. The Morgan fingerprint density at radius 1 is 1.37 bits per heavy atom. The van der Waals surface area contributed by atoms with Crippen molar-refractivity contribution in [3.8, 4) is 0 Å². The van der Waals surface area contributed by atoms with E-state index in [0.717, 1.165) is 12.8 Å². The van der Waals surface area contributed by atoms with Gasteiger partial charge in [-0.15, -0.1) is 0 Å². The van der Waals surface area contributed by atoms with Crippen molar-refractivity contribution in [3.05, 3.63) is 0 Å². The summed E-state index contributed by atoms with van der Waals surface area (Å²) < 4.78 is 30.7. The lowest BCUT2D eigenvalue weighted by Crippen LogP contribution is -2.42. The molecule has 112 valence electrons. The molecule has 1 saturated heterocycles. The van der Waals surface area contributed by atoms with E-state index in [1.165, 1.54) is 7.11 Å². The number of carbonyl (C=O) groups excluding carboxylic acids is 1. The standard InChI is InChI=1S/C12H24N2O4S/c1-10(2)9-19(16,17)13-8-11-4-6-14(7-5-11)12(15)18-3/h10-11,13H,4-9H2,1-3H3. The summed E-state index contributed by atoms with van der Waals surface area (Å²) in [6.07, 6.45) is 1.30. The molecule has 1 N–H and O–H groups in total. The Kier molecular flexibility index (Phi) is 6.06. The summed E-state index contributed by atoms with van der Waals surface area (Å²) >= 11 is 0. The van der Waals surface area contributed by atoms with E-state index in [4.69, 9.17) is 0 Å². The number of nitrogens with one attached hydrogen (secondary N) is 1. The number of hydrogen-bond donors (Lipinski definition) is 1. The zero-order valence-corrected chi connectivity index (χ0v) is 12.7. The number of ether oxygens (including phenoxy) is 1. The van der Waals surface area contributed by atoms with E-state index < -0.39 is 10.0 Å². The van der Waals surface area contributed by atoms with Crippen molar-refractivity contribution < 1.29 is 17.9 Å². The van der Waals surface area contributed by atoms with Crippen molar-refractivity contribution in [1.82, 2.24) is 9.62 Å². The van der Waals surface area contributed by atoms with Crippen molar-refractivity contribution in [2.45, 2.75) is 26.7 Å². The normalized spacial score (nSPS) is 17.8. The minimum Gasteiger partial charge on any atom is -0.453 e. The largest absolute Gasteiger partial charge is 0.453 e. The summed E-state index contributed by atoms with van der Waals surface area (Å²) in [6, 6.07) is 0. The first-order valence-corrected chi connectivity index (χ1v) is 8.29. The molecule has 0 radical (unpaired) electrons. The third-order valence-electron chi connectivity index (χ3n) is 3.19. The Morgan fingerprint density at radius 2 is 1.95 bits per heavy atom. The van der Waals surface area contributed by atoms with Gasteiger partial charge in [0, 0.05) is 19.6 Å². The lowest BCUT2D eigenvalue weighted by atomic mass is 9.97. The average molecular weight is 292 g/mol. The molecule has 1 aliphatic heterocycles. The van der Waals surface area contributed by atoms with E-state index in [2.05, 4.69) is 9.46 Å². The fourth-order valence-corrected chi connectivity index (χ4v) is 3.68. The van der Waals surface area contributed by atoms with Gasteiger partial charge in [0.15, 0.2) is 0 Å². The lowest BCUT2D eigenvalue weighted by molar-refractivity contribution is 0.106. The zero-order valence-electron chi connectivity index (χ0n) is 11.9. The Bertz CT molecular complexity index is 387. The summed E-state index contributed by atoms with van der Waals surface area (Å²) in [7, 11) is -1.80. The molecule has 7 heteroatoms. The number of amides is 1. The topological polar surface area (TPSA) is 75.7 Å². The Balaban J connectivity index is 2.32. The molecule has 0 bridgehead atoms. The van der Waals surface area contributed by atoms with Crippen molar-refractivity contribution in [3.63, 3.8) is 0 Å². The maximum absolute atomic E-state index is 11.7. The monoisotopic (exact) mass is 292 g/mol. The van der Waals surface area contributed by atoms with Crippen LogP contribution in [-0.4, -0.2) is 51.9 Å². The summed E-state index contributed by atoms with van der Waals surface area (Å²) in [6.45, 7) is 5.48. The van der Waals surface area contributed by atoms with Crippen LogP contribution in [0.5, 0.6) is 0 Å². The summed E-state index contributed by atoms with van der Waals surface area (Å²) in [5.41, 5.74) is 0. The van der Waals surface area contributed by atoms with Gasteiger partial charge in [0.05, 0.1) is 12.9 Å². The Hall–Kier alpha value is -0.820. The first kappa shape index (κ1) is 16.2. The van der Waals surface area contributed by atoms with Crippen LogP contribution < -0.4 is 4.72 Å². The van der Waals surface area contributed by atoms with Gasteiger partial charge >= 0.3 is 6.09 Å². The molecule has 6 nitrogen and oxygen atoms in total. The second kappa shape index (κ2) is 7.09. The molecule has 1 aliphatic rings. The van der Waals surface area contributed by atoms with Gasteiger partial charge in [0.25, 0.3) is 0 Å². The van der Waals surface area contributed by atoms with Gasteiger partial charge in [0.2, 0.25) is 10.0 Å². The number of sulfonamides is 1. The lowest BCUT2D eigenvalue weighted by Gasteiger charge is -2.30. The number of rotatable bonds is 5. The van der Waals surface area contributed by atoms with E-state index in [-0.39, 0.29) is 17.8 Å². The second-order valence-electron chi connectivity index (χ2n) is 5.42. The van der Waals surface area contributed by atoms with E-state index in [1.54, 1.807) is 4.90 Å². The summed E-state index contributed by atoms with van der Waals surface area (Å²) in [5.74, 6) is 0.579. The maximum Gasteiger partial charge on any atom is 0.409 e. The minimum absolute atomic E-state index is 0.124. The van der Waals surface area contributed by atoms with Crippen LogP contribution in [0.25, 0.3) is 0 Å². The highest BCUT2D eigenvalue weighted by molar-refractivity contribution is 7.89. The highest BCUT2D eigenvalue weighted by Crippen LogP contribution is 2.17. The van der Waals surface area contributed by atoms with Gasteiger partial charge in [-0.2, -0.15) is 0 Å². The highest BCUT2D eigenvalue weighted by atomic mass is 32.2. The van der Waals surface area contributed by atoms with Crippen molar-refractivity contribution in [1.29, 1.82) is 0 Å². The molecule has 0 atom stereocenters. The van der Waals surface area contributed by atoms with Crippen LogP contribution in [-0.2, 0) is 14.8 Å². The molecule has 1 heterocycles. The van der Waals surface area contributed by atoms with E-state index in [1.807, 2.05) is 13.8 Å². The van der Waals surface area contributed by atoms with Crippen LogP contribution in [0, 0.1) is 11.8 Å². The fraction of sp³-hybridized carbons (Fsp3) is 0.917. The Morgan fingerprint density at radius 3 is 2.42 bits per heavy atom. The van der Waals surface area contributed by atoms with Crippen molar-refractivity contribution in [2.24, 2.45) is 11.8 Å². The summed E-state index contributed by atoms with van der Waals surface area (Å²) in [4.78, 5) is 13.0. The number of nitrogens with zero attached hydrogens (tertiary/aromatic N) is 1. The molecule has 0 unspecified atom stereocenters. The van der Waals surface area contributed by atoms with Gasteiger partial charge in [-0.1, -0.05) is 13.8 Å². The summed E-state index contributed by atoms with van der Waals surface area (Å²) in [5, 5.41) is 0. The molecule has 1 amide bonds. The van der Waals surface area contributed by atoms with Crippen LogP contribution in [0.1, 0.15) is 26.7 Å². The quantitative estimate of drug-likeness (QED) is 0.821. The molecule has 19 heavy (non-hydrogen) atoms. The number of likely N-dealkylation sites (tertiary alicyclic amines) is 1. The van der Waals surface area contributed by atoms with E-state index in [9.17, 15) is 13.2 Å². The molecule has 0 spiro atoms. The average Bonchev–Trinajstić information content (AvgIpc) is 2.34. The number of hydrogen-bond acceptors (Lipinski definition) is 4. The molecule has 0 saturated carbocycles. The molecule has 0 aliphatic carbocycles. The van der Waals surface area contributed by atoms with Gasteiger partial charge in [0.1, 0.15) is 0 Å². The molecule has 0 aromatic carbocycles. The highest BCUT2D eigenvalue weighted by Gasteiger charge is 2.24. The van der Waals surface area contributed by atoms with Gasteiger partial charge < -0.3 is 9.64 Å². The van der Waals surface area contributed by atoms with Gasteiger partial charge in [-0.05, 0) is 24.7 Å². The molecule has 0 aromatic rings. The molecular formula is C12H24N2O4S. The maximum atomic E-state index is 11.7.